The molecule has 0 aliphatic carbocycles. The van der Waals surface area contributed by atoms with Gasteiger partial charge in [-0.1, -0.05) is 29.8 Å². The summed E-state index contributed by atoms with van der Waals surface area (Å²) in [6.07, 6.45) is 2.42. The van der Waals surface area contributed by atoms with Crippen LogP contribution in [0, 0.1) is 6.92 Å². The number of anilines is 2. The summed E-state index contributed by atoms with van der Waals surface area (Å²) in [5.41, 5.74) is 6.32. The van der Waals surface area contributed by atoms with Gasteiger partial charge < -0.3 is 10.2 Å². The monoisotopic (exact) mass is 300 g/mol. The number of nitrogens with zero attached hydrogens (tertiary/aromatic N) is 1. The fraction of sp³-hybridized carbons (Fsp3) is 0.333. The lowest BCUT2D eigenvalue weighted by atomic mass is 9.99. The number of fused-ring (bicyclic) bond motifs is 1. The summed E-state index contributed by atoms with van der Waals surface area (Å²) in [7, 11) is 2.17. The fourth-order valence-corrected chi connectivity index (χ4v) is 3.21. The lowest BCUT2D eigenvalue weighted by Crippen LogP contribution is -2.24. The SMILES string of the molecule is Cc1ccc(NCc2ccc3c(c2)CCCN3C)c(Cl)c1. The van der Waals surface area contributed by atoms with Gasteiger partial charge in [-0.05, 0) is 54.7 Å². The highest BCUT2D eigenvalue weighted by atomic mass is 35.5. The van der Waals surface area contributed by atoms with Crippen molar-refractivity contribution in [2.45, 2.75) is 26.3 Å². The number of benzene rings is 2. The van der Waals surface area contributed by atoms with E-state index in [1.54, 1.807) is 0 Å². The maximum atomic E-state index is 6.26. The van der Waals surface area contributed by atoms with Gasteiger partial charge in [-0.25, -0.2) is 0 Å². The highest BCUT2D eigenvalue weighted by Gasteiger charge is 2.13. The average Bonchev–Trinajstić information content (AvgIpc) is 2.46. The Labute approximate surface area is 131 Å². The smallest absolute Gasteiger partial charge is 0.0640 e. The van der Waals surface area contributed by atoms with E-state index in [0.717, 1.165) is 23.8 Å². The Bertz CT molecular complexity index is 652. The van der Waals surface area contributed by atoms with Crippen LogP contribution in [-0.4, -0.2) is 13.6 Å². The van der Waals surface area contributed by atoms with Crippen molar-refractivity contribution in [2.75, 3.05) is 23.8 Å². The number of hydrogen-bond acceptors (Lipinski definition) is 2. The van der Waals surface area contributed by atoms with Crippen molar-refractivity contribution in [3.05, 3.63) is 58.1 Å². The third-order valence-corrected chi connectivity index (χ3v) is 4.42. The van der Waals surface area contributed by atoms with E-state index in [9.17, 15) is 0 Å². The normalized spacial score (nSPS) is 14.0. The lowest BCUT2D eigenvalue weighted by molar-refractivity contribution is 0.743. The van der Waals surface area contributed by atoms with Crippen LogP contribution in [-0.2, 0) is 13.0 Å². The molecule has 110 valence electrons. The highest BCUT2D eigenvalue weighted by Crippen LogP contribution is 2.28. The van der Waals surface area contributed by atoms with Crippen LogP contribution in [0.5, 0.6) is 0 Å². The van der Waals surface area contributed by atoms with Crippen molar-refractivity contribution in [3.63, 3.8) is 0 Å². The molecule has 21 heavy (non-hydrogen) atoms. The van der Waals surface area contributed by atoms with Crippen LogP contribution >= 0.6 is 11.6 Å². The molecular formula is C18H21ClN2. The molecule has 0 saturated carbocycles. The molecule has 0 bridgehead atoms. The first-order valence-corrected chi connectivity index (χ1v) is 7.84. The Hall–Kier alpha value is -1.67. The van der Waals surface area contributed by atoms with E-state index in [0.29, 0.717) is 0 Å². The van der Waals surface area contributed by atoms with Crippen molar-refractivity contribution in [3.8, 4) is 0 Å². The lowest BCUT2D eigenvalue weighted by Gasteiger charge is -2.28. The summed E-state index contributed by atoms with van der Waals surface area (Å²) >= 11 is 6.26. The molecule has 1 aliphatic rings. The topological polar surface area (TPSA) is 15.3 Å². The van der Waals surface area contributed by atoms with Gasteiger partial charge in [0.15, 0.2) is 0 Å². The number of aryl methyl sites for hydroxylation is 2. The minimum Gasteiger partial charge on any atom is -0.380 e. The summed E-state index contributed by atoms with van der Waals surface area (Å²) in [6.45, 7) is 4.01. The summed E-state index contributed by atoms with van der Waals surface area (Å²) < 4.78 is 0. The van der Waals surface area contributed by atoms with Crippen molar-refractivity contribution >= 4 is 23.0 Å². The molecule has 0 amide bonds. The molecule has 0 aromatic heterocycles. The fourth-order valence-electron chi connectivity index (χ4n) is 2.91. The Morgan fingerprint density at radius 1 is 1.19 bits per heavy atom. The molecule has 2 aromatic carbocycles. The molecule has 3 heteroatoms. The molecule has 2 nitrogen and oxygen atoms in total. The molecule has 2 aromatic rings. The predicted octanol–water partition coefficient (Wildman–Crippen LogP) is 4.64. The summed E-state index contributed by atoms with van der Waals surface area (Å²) in [5.74, 6) is 0. The predicted molar refractivity (Wildman–Crippen MR) is 91.5 cm³/mol. The molecule has 0 radical (unpaired) electrons. The zero-order chi connectivity index (χ0) is 14.8. The van der Waals surface area contributed by atoms with E-state index in [4.69, 9.17) is 11.6 Å². The van der Waals surface area contributed by atoms with Gasteiger partial charge in [0.1, 0.15) is 0 Å². The molecule has 0 saturated heterocycles. The van der Waals surface area contributed by atoms with Crippen molar-refractivity contribution in [1.29, 1.82) is 0 Å². The number of halogens is 1. The number of rotatable bonds is 3. The first kappa shape index (κ1) is 14.3. The third-order valence-electron chi connectivity index (χ3n) is 4.10. The highest BCUT2D eigenvalue weighted by molar-refractivity contribution is 6.33. The van der Waals surface area contributed by atoms with Gasteiger partial charge in [-0.2, -0.15) is 0 Å². The molecule has 1 N–H and O–H groups in total. The van der Waals surface area contributed by atoms with Gasteiger partial charge >= 0.3 is 0 Å². The van der Waals surface area contributed by atoms with Crippen LogP contribution in [0.2, 0.25) is 5.02 Å². The van der Waals surface area contributed by atoms with Crippen LogP contribution in [0.1, 0.15) is 23.1 Å². The van der Waals surface area contributed by atoms with Crippen molar-refractivity contribution in [1.82, 2.24) is 0 Å². The molecule has 0 atom stereocenters. The van der Waals surface area contributed by atoms with E-state index in [1.807, 2.05) is 12.1 Å². The molecule has 0 unspecified atom stereocenters. The van der Waals surface area contributed by atoms with Crippen LogP contribution in [0.15, 0.2) is 36.4 Å². The minimum atomic E-state index is 0.785. The second kappa shape index (κ2) is 5.98. The Kier molecular flexibility index (Phi) is 4.07. The molecular weight excluding hydrogens is 280 g/mol. The van der Waals surface area contributed by atoms with Gasteiger partial charge in [0.25, 0.3) is 0 Å². The van der Waals surface area contributed by atoms with Gasteiger partial charge in [-0.3, -0.25) is 0 Å². The van der Waals surface area contributed by atoms with Gasteiger partial charge in [0.2, 0.25) is 0 Å². The minimum absolute atomic E-state index is 0.785. The zero-order valence-electron chi connectivity index (χ0n) is 12.6. The third kappa shape index (κ3) is 3.16. The van der Waals surface area contributed by atoms with Gasteiger partial charge in [-0.15, -0.1) is 0 Å². The molecule has 3 rings (SSSR count). The first-order valence-electron chi connectivity index (χ1n) is 7.46. The van der Waals surface area contributed by atoms with Crippen LogP contribution in [0.3, 0.4) is 0 Å². The number of hydrogen-bond donors (Lipinski definition) is 1. The first-order chi connectivity index (χ1) is 10.1. The van der Waals surface area contributed by atoms with E-state index >= 15 is 0 Å². The summed E-state index contributed by atoms with van der Waals surface area (Å²) in [6, 6.07) is 12.9. The van der Waals surface area contributed by atoms with Crippen molar-refractivity contribution < 1.29 is 0 Å². The summed E-state index contributed by atoms with van der Waals surface area (Å²) in [4.78, 5) is 2.34. The Morgan fingerprint density at radius 2 is 2.05 bits per heavy atom. The van der Waals surface area contributed by atoms with Crippen molar-refractivity contribution in [2.24, 2.45) is 0 Å². The molecule has 0 spiro atoms. The Morgan fingerprint density at radius 3 is 2.86 bits per heavy atom. The molecule has 1 heterocycles. The quantitative estimate of drug-likeness (QED) is 0.888. The second-order valence-electron chi connectivity index (χ2n) is 5.83. The Balaban J connectivity index is 1.73. The van der Waals surface area contributed by atoms with Crippen LogP contribution < -0.4 is 10.2 Å². The molecule has 0 fully saturated rings. The maximum Gasteiger partial charge on any atom is 0.0640 e. The van der Waals surface area contributed by atoms with Gasteiger partial charge in [0, 0.05) is 25.8 Å². The van der Waals surface area contributed by atoms with E-state index in [1.165, 1.54) is 35.2 Å². The standard InChI is InChI=1S/C18H21ClN2/c1-13-5-7-17(16(19)10-13)20-12-14-6-8-18-15(11-14)4-3-9-21(18)2/h5-8,10-11,20H,3-4,9,12H2,1-2H3. The second-order valence-corrected chi connectivity index (χ2v) is 6.23. The number of nitrogens with one attached hydrogen (secondary N) is 1. The average molecular weight is 301 g/mol. The largest absolute Gasteiger partial charge is 0.380 e. The summed E-state index contributed by atoms with van der Waals surface area (Å²) in [5, 5.41) is 4.21. The maximum absolute atomic E-state index is 6.26. The van der Waals surface area contributed by atoms with E-state index in [-0.39, 0.29) is 0 Å². The van der Waals surface area contributed by atoms with Crippen LogP contribution in [0.25, 0.3) is 0 Å². The van der Waals surface area contributed by atoms with Gasteiger partial charge in [0.05, 0.1) is 10.7 Å². The molecule has 1 aliphatic heterocycles. The van der Waals surface area contributed by atoms with Crippen LogP contribution in [0.4, 0.5) is 11.4 Å². The zero-order valence-corrected chi connectivity index (χ0v) is 13.4. The van der Waals surface area contributed by atoms with E-state index < -0.39 is 0 Å². The van der Waals surface area contributed by atoms with E-state index in [2.05, 4.69) is 48.5 Å².